The molecule has 0 heterocycles. The molecule has 110 valence electrons. The van der Waals surface area contributed by atoms with Crippen molar-refractivity contribution in [2.24, 2.45) is 0 Å². The van der Waals surface area contributed by atoms with Gasteiger partial charge in [0.1, 0.15) is 11.5 Å². The highest BCUT2D eigenvalue weighted by Crippen LogP contribution is 2.28. The Balaban J connectivity index is 2.31. The quantitative estimate of drug-likeness (QED) is 0.851. The van der Waals surface area contributed by atoms with Gasteiger partial charge in [0.05, 0.1) is 24.8 Å². The summed E-state index contributed by atoms with van der Waals surface area (Å²) in [5.41, 5.74) is 6.87. The Hall–Kier alpha value is -2.40. The topological polar surface area (TPSA) is 73.6 Å². The number of anilines is 2. The van der Waals surface area contributed by atoms with Crippen molar-refractivity contribution in [2.75, 3.05) is 25.3 Å². The van der Waals surface area contributed by atoms with E-state index < -0.39 is 5.91 Å². The molecule has 3 N–H and O–H groups in total. The highest BCUT2D eigenvalue weighted by molar-refractivity contribution is 6.35. The number of hydrogen-bond acceptors (Lipinski definition) is 4. The minimum atomic E-state index is -0.395. The van der Waals surface area contributed by atoms with Crippen LogP contribution in [0.15, 0.2) is 36.4 Å². The van der Waals surface area contributed by atoms with Crippen molar-refractivity contribution in [3.05, 3.63) is 47.0 Å². The molecular weight excluding hydrogens is 292 g/mol. The van der Waals surface area contributed by atoms with Gasteiger partial charge in [-0.25, -0.2) is 0 Å². The normalized spacial score (nSPS) is 10.0. The molecule has 1 amide bonds. The molecule has 6 heteroatoms. The van der Waals surface area contributed by atoms with Crippen LogP contribution in [0.25, 0.3) is 0 Å². The predicted octanol–water partition coefficient (Wildman–Crippen LogP) is 3.19. The van der Waals surface area contributed by atoms with Gasteiger partial charge in [-0.3, -0.25) is 4.79 Å². The van der Waals surface area contributed by atoms with E-state index in [4.69, 9.17) is 26.8 Å². The Morgan fingerprint density at radius 2 is 1.76 bits per heavy atom. The van der Waals surface area contributed by atoms with Crippen LogP contribution in [0.4, 0.5) is 11.4 Å². The Morgan fingerprint density at radius 3 is 2.29 bits per heavy atom. The number of ether oxygens (including phenoxy) is 2. The summed E-state index contributed by atoms with van der Waals surface area (Å²) >= 11 is 6.02. The first-order valence-corrected chi connectivity index (χ1v) is 6.51. The molecule has 0 aromatic heterocycles. The Bertz CT molecular complexity index is 631. The second kappa shape index (κ2) is 6.37. The van der Waals surface area contributed by atoms with E-state index in [0.29, 0.717) is 27.9 Å². The van der Waals surface area contributed by atoms with Gasteiger partial charge in [-0.15, -0.1) is 0 Å². The summed E-state index contributed by atoms with van der Waals surface area (Å²) in [5, 5.41) is 3.02. The fraction of sp³-hybridized carbons (Fsp3) is 0.133. The van der Waals surface area contributed by atoms with Crippen molar-refractivity contribution < 1.29 is 14.3 Å². The summed E-state index contributed by atoms with van der Waals surface area (Å²) in [6.45, 7) is 0. The summed E-state index contributed by atoms with van der Waals surface area (Å²) in [5.74, 6) is 0.738. The molecule has 0 aliphatic carbocycles. The van der Waals surface area contributed by atoms with E-state index in [2.05, 4.69) is 5.32 Å². The third-order valence-corrected chi connectivity index (χ3v) is 3.20. The van der Waals surface area contributed by atoms with Crippen LogP contribution in [0.1, 0.15) is 10.4 Å². The van der Waals surface area contributed by atoms with Crippen LogP contribution in [0.5, 0.6) is 11.5 Å². The number of nitrogen functional groups attached to an aromatic ring is 1. The summed E-state index contributed by atoms with van der Waals surface area (Å²) in [6.07, 6.45) is 0. The van der Waals surface area contributed by atoms with Crippen LogP contribution in [-0.4, -0.2) is 20.1 Å². The number of hydrogen-bond donors (Lipinski definition) is 2. The van der Waals surface area contributed by atoms with Crippen molar-refractivity contribution in [1.29, 1.82) is 0 Å². The highest BCUT2D eigenvalue weighted by Gasteiger charge is 2.14. The molecular formula is C15H15ClN2O3. The summed E-state index contributed by atoms with van der Waals surface area (Å²) in [7, 11) is 3.07. The fourth-order valence-corrected chi connectivity index (χ4v) is 2.12. The Kier molecular flexibility index (Phi) is 4.55. The van der Waals surface area contributed by atoms with Crippen LogP contribution >= 0.6 is 11.6 Å². The van der Waals surface area contributed by atoms with E-state index in [9.17, 15) is 4.79 Å². The first-order valence-electron chi connectivity index (χ1n) is 6.13. The van der Waals surface area contributed by atoms with Crippen LogP contribution in [0, 0.1) is 0 Å². The molecule has 0 spiro atoms. The van der Waals surface area contributed by atoms with E-state index in [1.807, 2.05) is 0 Å². The van der Waals surface area contributed by atoms with Gasteiger partial charge in [-0.2, -0.15) is 0 Å². The van der Waals surface area contributed by atoms with Gasteiger partial charge >= 0.3 is 0 Å². The summed E-state index contributed by atoms with van der Waals surface area (Å²) in [4.78, 5) is 12.3. The standard InChI is InChI=1S/C15H15ClN2O3/c1-20-10-6-9(7-11(8-10)21-2)18-15(19)14-12(16)4-3-5-13(14)17/h3-8H,17H2,1-2H3,(H,18,19). The number of nitrogens with one attached hydrogen (secondary N) is 1. The van der Waals surface area contributed by atoms with E-state index >= 15 is 0 Å². The van der Waals surface area contributed by atoms with Crippen molar-refractivity contribution in [3.63, 3.8) is 0 Å². The summed E-state index contributed by atoms with van der Waals surface area (Å²) in [6, 6.07) is 9.97. The molecule has 2 aromatic carbocycles. The van der Waals surface area contributed by atoms with Crippen LogP contribution in [0.2, 0.25) is 5.02 Å². The van der Waals surface area contributed by atoms with Crippen molar-refractivity contribution in [1.82, 2.24) is 0 Å². The first kappa shape index (κ1) is 15.0. The van der Waals surface area contributed by atoms with Crippen LogP contribution < -0.4 is 20.5 Å². The maximum absolute atomic E-state index is 12.3. The number of methoxy groups -OCH3 is 2. The van der Waals surface area contributed by atoms with E-state index in [0.717, 1.165) is 0 Å². The Morgan fingerprint density at radius 1 is 1.14 bits per heavy atom. The zero-order valence-electron chi connectivity index (χ0n) is 11.6. The lowest BCUT2D eigenvalue weighted by Crippen LogP contribution is -2.14. The van der Waals surface area contributed by atoms with Gasteiger partial charge in [-0.1, -0.05) is 17.7 Å². The second-order valence-electron chi connectivity index (χ2n) is 4.26. The maximum Gasteiger partial charge on any atom is 0.259 e. The number of nitrogens with two attached hydrogens (primary N) is 1. The molecule has 0 bridgehead atoms. The molecule has 5 nitrogen and oxygen atoms in total. The molecule has 0 fully saturated rings. The van der Waals surface area contributed by atoms with Crippen LogP contribution in [0.3, 0.4) is 0 Å². The Labute approximate surface area is 127 Å². The summed E-state index contributed by atoms with van der Waals surface area (Å²) < 4.78 is 10.3. The number of rotatable bonds is 4. The van der Waals surface area contributed by atoms with Gasteiger partial charge in [0.2, 0.25) is 0 Å². The van der Waals surface area contributed by atoms with E-state index in [1.54, 1.807) is 36.4 Å². The molecule has 2 rings (SSSR count). The minimum absolute atomic E-state index is 0.237. The van der Waals surface area contributed by atoms with Gasteiger partial charge < -0.3 is 20.5 Å². The number of amides is 1. The number of carbonyl (C=O) groups is 1. The largest absolute Gasteiger partial charge is 0.497 e. The maximum atomic E-state index is 12.3. The number of carbonyl (C=O) groups excluding carboxylic acids is 1. The minimum Gasteiger partial charge on any atom is -0.497 e. The predicted molar refractivity (Wildman–Crippen MR) is 83.4 cm³/mol. The number of benzene rings is 2. The van der Waals surface area contributed by atoms with Gasteiger partial charge in [0.15, 0.2) is 0 Å². The van der Waals surface area contributed by atoms with Crippen molar-refractivity contribution in [2.45, 2.75) is 0 Å². The van der Waals surface area contributed by atoms with E-state index in [-0.39, 0.29) is 5.56 Å². The SMILES string of the molecule is COc1cc(NC(=O)c2c(N)cccc2Cl)cc(OC)c1. The van der Waals surface area contributed by atoms with Crippen LogP contribution in [-0.2, 0) is 0 Å². The third-order valence-electron chi connectivity index (χ3n) is 2.88. The van der Waals surface area contributed by atoms with E-state index in [1.165, 1.54) is 14.2 Å². The third kappa shape index (κ3) is 3.38. The molecule has 0 unspecified atom stereocenters. The molecule has 0 aliphatic rings. The molecule has 0 saturated carbocycles. The zero-order valence-corrected chi connectivity index (χ0v) is 12.4. The fourth-order valence-electron chi connectivity index (χ4n) is 1.85. The molecule has 0 radical (unpaired) electrons. The molecule has 21 heavy (non-hydrogen) atoms. The second-order valence-corrected chi connectivity index (χ2v) is 4.67. The lowest BCUT2D eigenvalue weighted by Gasteiger charge is -2.11. The zero-order chi connectivity index (χ0) is 15.4. The average molecular weight is 307 g/mol. The molecule has 0 atom stereocenters. The average Bonchev–Trinajstić information content (AvgIpc) is 2.46. The highest BCUT2D eigenvalue weighted by atomic mass is 35.5. The van der Waals surface area contributed by atoms with Crippen molar-refractivity contribution >= 4 is 28.9 Å². The van der Waals surface area contributed by atoms with Gasteiger partial charge in [-0.05, 0) is 12.1 Å². The lowest BCUT2D eigenvalue weighted by molar-refractivity contribution is 0.102. The van der Waals surface area contributed by atoms with Crippen molar-refractivity contribution in [3.8, 4) is 11.5 Å². The molecule has 0 saturated heterocycles. The van der Waals surface area contributed by atoms with Gasteiger partial charge in [0.25, 0.3) is 5.91 Å². The number of halogens is 1. The monoisotopic (exact) mass is 306 g/mol. The van der Waals surface area contributed by atoms with Gasteiger partial charge in [0, 0.05) is 29.6 Å². The molecule has 0 aliphatic heterocycles. The smallest absolute Gasteiger partial charge is 0.259 e. The lowest BCUT2D eigenvalue weighted by atomic mass is 10.1. The first-order chi connectivity index (χ1) is 10.0. The molecule has 2 aromatic rings.